The fraction of sp³-hybridized carbons (Fsp3) is 0.353. The number of aliphatic hydroxyl groups excluding tert-OH is 1. The molecule has 2 N–H and O–H groups in total. The van der Waals surface area contributed by atoms with Crippen LogP contribution in [0.15, 0.2) is 40.2 Å². The molecule has 1 amide bonds. The van der Waals surface area contributed by atoms with Crippen LogP contribution in [0.4, 0.5) is 0 Å². The van der Waals surface area contributed by atoms with Gasteiger partial charge in [0.1, 0.15) is 11.4 Å². The summed E-state index contributed by atoms with van der Waals surface area (Å²) in [6, 6.07) is 5.14. The maximum absolute atomic E-state index is 12.3. The number of pyridine rings is 1. The smallest absolute Gasteiger partial charge is 0.353 e. The van der Waals surface area contributed by atoms with Crippen LogP contribution in [0.1, 0.15) is 13.3 Å². The van der Waals surface area contributed by atoms with Gasteiger partial charge in [-0.3, -0.25) is 9.78 Å². The first-order chi connectivity index (χ1) is 12.9. The van der Waals surface area contributed by atoms with Crippen molar-refractivity contribution in [1.82, 2.24) is 24.6 Å². The zero-order chi connectivity index (χ0) is 19.3. The van der Waals surface area contributed by atoms with Gasteiger partial charge in [-0.05, 0) is 19.1 Å². The number of carboxylic acid groups (broad SMARTS) is 1. The average molecular weight is 387 g/mol. The number of fused-ring (bicyclic) bond motifs is 1. The second-order valence-electron chi connectivity index (χ2n) is 6.51. The first kappa shape index (κ1) is 17.7. The summed E-state index contributed by atoms with van der Waals surface area (Å²) in [6.07, 6.45) is 1.22. The number of amides is 1. The highest BCUT2D eigenvalue weighted by Crippen LogP contribution is 2.48. The number of carbonyl (C=O) groups is 2. The molecule has 0 aliphatic carbocycles. The molecule has 0 bridgehead atoms. The van der Waals surface area contributed by atoms with Crippen molar-refractivity contribution in [2.24, 2.45) is 13.0 Å². The molecule has 2 aliphatic heterocycles. The van der Waals surface area contributed by atoms with Crippen molar-refractivity contribution in [3.63, 3.8) is 0 Å². The molecule has 0 unspecified atom stereocenters. The predicted molar refractivity (Wildman–Crippen MR) is 95.2 cm³/mol. The van der Waals surface area contributed by atoms with Gasteiger partial charge in [0, 0.05) is 24.6 Å². The fourth-order valence-corrected chi connectivity index (χ4v) is 4.62. The summed E-state index contributed by atoms with van der Waals surface area (Å²) in [5.74, 6) is -1.52. The fourth-order valence-electron chi connectivity index (χ4n) is 3.55. The molecule has 0 aromatic carbocycles. The number of carbonyl (C=O) groups excluding carboxylic acids is 1. The van der Waals surface area contributed by atoms with Crippen LogP contribution in [0.5, 0.6) is 0 Å². The number of aliphatic carboxylic acids is 1. The van der Waals surface area contributed by atoms with Crippen LogP contribution in [0.2, 0.25) is 0 Å². The lowest BCUT2D eigenvalue weighted by Crippen LogP contribution is -2.61. The maximum atomic E-state index is 12.3. The summed E-state index contributed by atoms with van der Waals surface area (Å²) in [5, 5.41) is 28.2. The molecule has 140 valence electrons. The molecule has 1 saturated heterocycles. The minimum atomic E-state index is -1.16. The Kier molecular flexibility index (Phi) is 4.23. The zero-order valence-corrected chi connectivity index (χ0v) is 15.4. The quantitative estimate of drug-likeness (QED) is 0.725. The van der Waals surface area contributed by atoms with Gasteiger partial charge < -0.3 is 19.7 Å². The molecule has 0 saturated carbocycles. The summed E-state index contributed by atoms with van der Waals surface area (Å²) < 4.78 is 1.74. The lowest BCUT2D eigenvalue weighted by molar-refractivity contribution is -0.161. The topological polar surface area (TPSA) is 121 Å². The molecule has 10 heteroatoms. The molecule has 4 rings (SSSR count). The summed E-state index contributed by atoms with van der Waals surface area (Å²) in [7, 11) is 1.78. The van der Waals surface area contributed by atoms with Gasteiger partial charge >= 0.3 is 5.97 Å². The number of nitrogens with zero attached hydrogens (tertiary/aromatic N) is 5. The molecule has 27 heavy (non-hydrogen) atoms. The summed E-state index contributed by atoms with van der Waals surface area (Å²) >= 11 is 1.18. The third-order valence-corrected chi connectivity index (χ3v) is 5.98. The lowest BCUT2D eigenvalue weighted by atomic mass is 9.83. The van der Waals surface area contributed by atoms with Gasteiger partial charge in [0.25, 0.3) is 0 Å². The molecule has 0 spiro atoms. The van der Waals surface area contributed by atoms with Gasteiger partial charge in [0.05, 0.1) is 18.1 Å². The highest BCUT2D eigenvalue weighted by atomic mass is 32.2. The minimum Gasteiger partial charge on any atom is -0.477 e. The minimum absolute atomic E-state index is 0.0331. The van der Waals surface area contributed by atoms with E-state index in [1.807, 2.05) is 12.1 Å². The van der Waals surface area contributed by atoms with Gasteiger partial charge in [-0.15, -0.1) is 10.2 Å². The van der Waals surface area contributed by atoms with Gasteiger partial charge in [-0.1, -0.05) is 17.8 Å². The molecule has 3 atom stereocenters. The lowest BCUT2D eigenvalue weighted by Gasteiger charge is -2.44. The van der Waals surface area contributed by atoms with E-state index in [0.717, 1.165) is 0 Å². The van der Waals surface area contributed by atoms with E-state index in [2.05, 4.69) is 15.2 Å². The van der Waals surface area contributed by atoms with Crippen LogP contribution in [0, 0.1) is 5.92 Å². The van der Waals surface area contributed by atoms with Crippen LogP contribution in [-0.4, -0.2) is 58.9 Å². The predicted octanol–water partition coefficient (Wildman–Crippen LogP) is 0.877. The van der Waals surface area contributed by atoms with Crippen molar-refractivity contribution >= 4 is 23.6 Å². The highest BCUT2D eigenvalue weighted by Gasteiger charge is 2.56. The van der Waals surface area contributed by atoms with Crippen LogP contribution >= 0.6 is 11.8 Å². The van der Waals surface area contributed by atoms with Crippen molar-refractivity contribution in [3.8, 4) is 11.5 Å². The Hall–Kier alpha value is -2.72. The first-order valence-electron chi connectivity index (χ1n) is 8.36. The van der Waals surface area contributed by atoms with Gasteiger partial charge in [-0.25, -0.2) is 4.79 Å². The summed E-state index contributed by atoms with van der Waals surface area (Å²) in [6.45, 7) is 1.55. The monoisotopic (exact) mass is 387 g/mol. The maximum Gasteiger partial charge on any atom is 0.353 e. The number of β-lactam (4-membered cyclic amide) rings is 1. The van der Waals surface area contributed by atoms with E-state index >= 15 is 0 Å². The van der Waals surface area contributed by atoms with Crippen LogP contribution in [-0.2, 0) is 16.6 Å². The second kappa shape index (κ2) is 6.46. The Balaban J connectivity index is 1.64. The van der Waals surface area contributed by atoms with Crippen molar-refractivity contribution < 1.29 is 19.8 Å². The average Bonchev–Trinajstić information content (AvgIpc) is 3.14. The number of thioether (sulfide) groups is 1. The third kappa shape index (κ3) is 2.72. The van der Waals surface area contributed by atoms with Crippen molar-refractivity contribution in [1.29, 1.82) is 0 Å². The molecule has 9 nitrogen and oxygen atoms in total. The van der Waals surface area contributed by atoms with Crippen LogP contribution in [0.25, 0.3) is 11.5 Å². The summed E-state index contributed by atoms with van der Waals surface area (Å²) in [5.41, 5.74) is 0.626. The van der Waals surface area contributed by atoms with E-state index in [9.17, 15) is 19.8 Å². The molecule has 4 heterocycles. The second-order valence-corrected chi connectivity index (χ2v) is 7.57. The molecule has 0 radical (unpaired) electrons. The Labute approximate surface area is 158 Å². The third-order valence-electron chi connectivity index (χ3n) is 4.83. The molecular weight excluding hydrogens is 370 g/mol. The number of hydrogen-bond acceptors (Lipinski definition) is 7. The Morgan fingerprint density at radius 2 is 2.15 bits per heavy atom. The zero-order valence-electron chi connectivity index (χ0n) is 14.6. The SMILES string of the molecule is C[C@@H](O)[C@H]1C(=O)N2C(C(=O)O)=C(Sc3nnc(-c4ccccn4)n3C)C[C@H]12. The van der Waals surface area contributed by atoms with E-state index < -0.39 is 18.0 Å². The molecule has 1 fully saturated rings. The van der Waals surface area contributed by atoms with E-state index in [1.165, 1.54) is 16.7 Å². The standard InChI is InChI=1S/C17H17N5O4S/c1-8(23)12-10-7-11(13(16(25)26)22(10)15(12)24)27-17-20-19-14(21(17)2)9-5-3-4-6-18-9/h3-6,8,10,12,23H,7H2,1-2H3,(H,25,26)/t8-,10-,12-/m1/s1. The highest BCUT2D eigenvalue weighted by molar-refractivity contribution is 8.03. The van der Waals surface area contributed by atoms with Gasteiger partial charge in [0.2, 0.25) is 5.91 Å². The largest absolute Gasteiger partial charge is 0.477 e. The van der Waals surface area contributed by atoms with E-state index in [1.54, 1.807) is 30.8 Å². The molecule has 2 aliphatic rings. The van der Waals surface area contributed by atoms with Gasteiger partial charge in [-0.2, -0.15) is 0 Å². The first-order valence-corrected chi connectivity index (χ1v) is 9.18. The number of carboxylic acids is 1. The van der Waals surface area contributed by atoms with E-state index in [-0.39, 0.29) is 17.6 Å². The van der Waals surface area contributed by atoms with E-state index in [0.29, 0.717) is 28.0 Å². The Morgan fingerprint density at radius 3 is 2.78 bits per heavy atom. The molecule has 2 aromatic heterocycles. The number of aliphatic hydroxyl groups is 1. The number of rotatable bonds is 5. The van der Waals surface area contributed by atoms with Gasteiger partial charge in [0.15, 0.2) is 11.0 Å². The van der Waals surface area contributed by atoms with Crippen molar-refractivity contribution in [2.45, 2.75) is 30.6 Å². The Morgan fingerprint density at radius 1 is 1.37 bits per heavy atom. The molecule has 2 aromatic rings. The van der Waals surface area contributed by atoms with Crippen LogP contribution in [0.3, 0.4) is 0 Å². The van der Waals surface area contributed by atoms with Crippen molar-refractivity contribution in [2.75, 3.05) is 0 Å². The Bertz CT molecular complexity index is 955. The van der Waals surface area contributed by atoms with Crippen LogP contribution < -0.4 is 0 Å². The normalized spacial score (nSPS) is 22.6. The molecular formula is C17H17N5O4S. The number of aromatic nitrogens is 4. The van der Waals surface area contributed by atoms with E-state index in [4.69, 9.17) is 0 Å². The number of hydrogen-bond donors (Lipinski definition) is 2. The van der Waals surface area contributed by atoms with Crippen molar-refractivity contribution in [3.05, 3.63) is 35.0 Å². The summed E-state index contributed by atoms with van der Waals surface area (Å²) in [4.78, 5) is 30.1.